The molecule has 3 N–H and O–H groups in total. The molecule has 1 rings (SSSR count). The second-order valence-corrected chi connectivity index (χ2v) is 5.43. The van der Waals surface area contributed by atoms with Gasteiger partial charge in [-0.1, -0.05) is 19.1 Å². The summed E-state index contributed by atoms with van der Waals surface area (Å²) in [5.74, 6) is 0.442. The Hall–Kier alpha value is -1.38. The lowest BCUT2D eigenvalue weighted by Crippen LogP contribution is -2.41. The Morgan fingerprint density at radius 3 is 2.62 bits per heavy atom. The van der Waals surface area contributed by atoms with Gasteiger partial charge in [0.2, 0.25) is 5.91 Å². The summed E-state index contributed by atoms with van der Waals surface area (Å²) in [6.45, 7) is 5.18. The standard InChI is InChI=1S/C17H27FN4O.HI/c1-4-13(2)22-16(23)9-11-21-17(19-3)20-10-8-14-6-5-7-15(18)12-14;/h5-7,12-13H,4,8-11H2,1-3H3,(H,22,23)(H2,19,20,21);1H. The van der Waals surface area contributed by atoms with Crippen LogP contribution in [0.3, 0.4) is 0 Å². The smallest absolute Gasteiger partial charge is 0.221 e. The van der Waals surface area contributed by atoms with Crippen molar-refractivity contribution in [2.45, 2.75) is 39.2 Å². The van der Waals surface area contributed by atoms with E-state index in [1.165, 1.54) is 12.1 Å². The Morgan fingerprint density at radius 1 is 1.29 bits per heavy atom. The van der Waals surface area contributed by atoms with Gasteiger partial charge in [-0.3, -0.25) is 9.79 Å². The predicted molar refractivity (Wildman–Crippen MR) is 107 cm³/mol. The molecule has 1 unspecified atom stereocenters. The van der Waals surface area contributed by atoms with Gasteiger partial charge in [0.1, 0.15) is 5.82 Å². The fourth-order valence-electron chi connectivity index (χ4n) is 1.98. The zero-order chi connectivity index (χ0) is 17.1. The van der Waals surface area contributed by atoms with Gasteiger partial charge in [0.05, 0.1) is 0 Å². The van der Waals surface area contributed by atoms with Crippen molar-refractivity contribution in [2.24, 2.45) is 4.99 Å². The Kier molecular flexibility index (Phi) is 12.2. The summed E-state index contributed by atoms with van der Waals surface area (Å²) in [5, 5.41) is 9.16. The Labute approximate surface area is 160 Å². The number of nitrogens with zero attached hydrogens (tertiary/aromatic N) is 1. The summed E-state index contributed by atoms with van der Waals surface area (Å²) in [6, 6.07) is 6.75. The molecule has 24 heavy (non-hydrogen) atoms. The predicted octanol–water partition coefficient (Wildman–Crippen LogP) is 2.46. The van der Waals surface area contributed by atoms with Crippen molar-refractivity contribution in [3.8, 4) is 0 Å². The fraction of sp³-hybridized carbons (Fsp3) is 0.529. The summed E-state index contributed by atoms with van der Waals surface area (Å²) in [7, 11) is 1.68. The average Bonchev–Trinajstić information content (AvgIpc) is 2.53. The van der Waals surface area contributed by atoms with Crippen LogP contribution in [0.4, 0.5) is 4.39 Å². The van der Waals surface area contributed by atoms with Crippen LogP contribution in [0.15, 0.2) is 29.3 Å². The van der Waals surface area contributed by atoms with Crippen molar-refractivity contribution >= 4 is 35.8 Å². The van der Waals surface area contributed by atoms with Crippen LogP contribution < -0.4 is 16.0 Å². The summed E-state index contributed by atoms with van der Waals surface area (Å²) in [5.41, 5.74) is 0.931. The normalized spacial score (nSPS) is 12.1. The molecule has 0 saturated carbocycles. The fourth-order valence-corrected chi connectivity index (χ4v) is 1.98. The minimum Gasteiger partial charge on any atom is -0.356 e. The summed E-state index contributed by atoms with van der Waals surface area (Å²) >= 11 is 0. The van der Waals surface area contributed by atoms with Gasteiger partial charge in [0.25, 0.3) is 0 Å². The first-order valence-electron chi connectivity index (χ1n) is 8.03. The van der Waals surface area contributed by atoms with Crippen LogP contribution >= 0.6 is 24.0 Å². The Morgan fingerprint density at radius 2 is 2.00 bits per heavy atom. The van der Waals surface area contributed by atoms with Gasteiger partial charge >= 0.3 is 0 Å². The number of carbonyl (C=O) groups is 1. The first-order valence-corrected chi connectivity index (χ1v) is 8.03. The topological polar surface area (TPSA) is 65.5 Å². The molecule has 0 bridgehead atoms. The summed E-state index contributed by atoms with van der Waals surface area (Å²) < 4.78 is 13.1. The van der Waals surface area contributed by atoms with E-state index in [0.717, 1.165) is 12.0 Å². The largest absolute Gasteiger partial charge is 0.356 e. The van der Waals surface area contributed by atoms with Gasteiger partial charge in [-0.25, -0.2) is 4.39 Å². The van der Waals surface area contributed by atoms with Crippen molar-refractivity contribution in [3.63, 3.8) is 0 Å². The average molecular weight is 450 g/mol. The molecular weight excluding hydrogens is 422 g/mol. The number of nitrogens with one attached hydrogen (secondary N) is 3. The molecule has 5 nitrogen and oxygen atoms in total. The van der Waals surface area contributed by atoms with Gasteiger partial charge in [-0.05, 0) is 37.5 Å². The highest BCUT2D eigenvalue weighted by Crippen LogP contribution is 2.03. The van der Waals surface area contributed by atoms with E-state index in [2.05, 4.69) is 20.9 Å². The highest BCUT2D eigenvalue weighted by molar-refractivity contribution is 14.0. The van der Waals surface area contributed by atoms with E-state index in [-0.39, 0.29) is 41.7 Å². The van der Waals surface area contributed by atoms with Crippen LogP contribution in [0.2, 0.25) is 0 Å². The zero-order valence-electron chi connectivity index (χ0n) is 14.6. The van der Waals surface area contributed by atoms with Crippen molar-refractivity contribution in [3.05, 3.63) is 35.6 Å². The highest BCUT2D eigenvalue weighted by atomic mass is 127. The third kappa shape index (κ3) is 9.69. The van der Waals surface area contributed by atoms with Crippen LogP contribution in [0, 0.1) is 5.82 Å². The molecule has 0 radical (unpaired) electrons. The first-order chi connectivity index (χ1) is 11.0. The monoisotopic (exact) mass is 450 g/mol. The maximum atomic E-state index is 13.1. The van der Waals surface area contributed by atoms with E-state index in [9.17, 15) is 9.18 Å². The minimum atomic E-state index is -0.225. The number of aliphatic imine (C=N–C) groups is 1. The molecule has 0 saturated heterocycles. The van der Waals surface area contributed by atoms with Gasteiger partial charge in [0.15, 0.2) is 5.96 Å². The van der Waals surface area contributed by atoms with Crippen LogP contribution in [0.5, 0.6) is 0 Å². The third-order valence-electron chi connectivity index (χ3n) is 3.48. The molecule has 1 aromatic rings. The maximum Gasteiger partial charge on any atom is 0.221 e. The summed E-state index contributed by atoms with van der Waals surface area (Å²) in [4.78, 5) is 15.8. The SMILES string of the molecule is CCC(C)NC(=O)CCNC(=NC)NCCc1cccc(F)c1.I. The minimum absolute atomic E-state index is 0. The van der Waals surface area contributed by atoms with Gasteiger partial charge in [0, 0.05) is 32.6 Å². The molecule has 0 aliphatic carbocycles. The second kappa shape index (κ2) is 13.0. The van der Waals surface area contributed by atoms with E-state index in [0.29, 0.717) is 31.9 Å². The number of benzene rings is 1. The van der Waals surface area contributed by atoms with E-state index in [1.807, 2.05) is 19.9 Å². The summed E-state index contributed by atoms with van der Waals surface area (Å²) in [6.07, 6.45) is 2.02. The lowest BCUT2D eigenvalue weighted by atomic mass is 10.1. The quantitative estimate of drug-likeness (QED) is 0.324. The molecule has 7 heteroatoms. The van der Waals surface area contributed by atoms with E-state index >= 15 is 0 Å². The molecule has 1 atom stereocenters. The molecule has 0 fully saturated rings. The van der Waals surface area contributed by atoms with Crippen molar-refractivity contribution in [1.82, 2.24) is 16.0 Å². The van der Waals surface area contributed by atoms with E-state index in [1.54, 1.807) is 13.1 Å². The molecule has 136 valence electrons. The number of carbonyl (C=O) groups excluding carboxylic acids is 1. The van der Waals surface area contributed by atoms with Crippen LogP contribution in [-0.2, 0) is 11.2 Å². The number of guanidine groups is 1. The number of hydrogen-bond acceptors (Lipinski definition) is 2. The number of amides is 1. The van der Waals surface area contributed by atoms with Crippen molar-refractivity contribution in [2.75, 3.05) is 20.1 Å². The van der Waals surface area contributed by atoms with Gasteiger partial charge in [-0.2, -0.15) is 0 Å². The van der Waals surface area contributed by atoms with E-state index < -0.39 is 0 Å². The van der Waals surface area contributed by atoms with Crippen molar-refractivity contribution in [1.29, 1.82) is 0 Å². The van der Waals surface area contributed by atoms with E-state index in [4.69, 9.17) is 0 Å². The molecule has 0 aliphatic heterocycles. The lowest BCUT2D eigenvalue weighted by Gasteiger charge is -2.13. The third-order valence-corrected chi connectivity index (χ3v) is 3.48. The molecule has 0 heterocycles. The maximum absolute atomic E-state index is 13.1. The second-order valence-electron chi connectivity index (χ2n) is 5.43. The van der Waals surface area contributed by atoms with Crippen LogP contribution in [-0.4, -0.2) is 38.0 Å². The van der Waals surface area contributed by atoms with Crippen molar-refractivity contribution < 1.29 is 9.18 Å². The molecule has 0 spiro atoms. The number of rotatable bonds is 8. The molecule has 0 aliphatic rings. The molecule has 0 aromatic heterocycles. The van der Waals surface area contributed by atoms with Crippen LogP contribution in [0.1, 0.15) is 32.3 Å². The highest BCUT2D eigenvalue weighted by Gasteiger charge is 2.05. The lowest BCUT2D eigenvalue weighted by molar-refractivity contribution is -0.121. The van der Waals surface area contributed by atoms with Crippen LogP contribution in [0.25, 0.3) is 0 Å². The zero-order valence-corrected chi connectivity index (χ0v) is 16.9. The van der Waals surface area contributed by atoms with Gasteiger partial charge in [-0.15, -0.1) is 24.0 Å². The molecule has 1 aromatic carbocycles. The molecular formula is C17H28FIN4O. The molecule has 1 amide bonds. The number of hydrogen-bond donors (Lipinski definition) is 3. The van der Waals surface area contributed by atoms with Gasteiger partial charge < -0.3 is 16.0 Å². The Balaban J connectivity index is 0.00000529. The Bertz CT molecular complexity index is 525. The first kappa shape index (κ1) is 22.6. The number of halogens is 2.